The summed E-state index contributed by atoms with van der Waals surface area (Å²) in [6.45, 7) is 1.81. The second-order valence-corrected chi connectivity index (χ2v) is 8.11. The number of halogens is 4. The van der Waals surface area contributed by atoms with Crippen molar-refractivity contribution in [2.24, 2.45) is 5.14 Å². The molecule has 5 nitrogen and oxygen atoms in total. The number of benzene rings is 2. The highest BCUT2D eigenvalue weighted by molar-refractivity contribution is 9.10. The van der Waals surface area contributed by atoms with Crippen LogP contribution >= 0.6 is 15.9 Å². The molecule has 3 rings (SSSR count). The molecule has 0 spiro atoms. The summed E-state index contributed by atoms with van der Waals surface area (Å²) in [5.74, 6) is -1.90. The Kier molecular flexibility index (Phi) is 5.15. The van der Waals surface area contributed by atoms with Crippen molar-refractivity contribution < 1.29 is 26.1 Å². The number of nitrogens with two attached hydrogens (primary N) is 1. The van der Waals surface area contributed by atoms with Gasteiger partial charge in [0.25, 0.3) is 6.43 Å². The molecule has 0 aliphatic rings. The minimum absolute atomic E-state index is 0.00739. The Morgan fingerprint density at radius 3 is 2.37 bits per heavy atom. The maximum atomic E-state index is 14.2. The lowest BCUT2D eigenvalue weighted by molar-refractivity contribution is 0.113. The summed E-state index contributed by atoms with van der Waals surface area (Å²) in [4.78, 5) is -0.734. The third-order valence-electron chi connectivity index (χ3n) is 3.88. The number of rotatable bonds is 4. The van der Waals surface area contributed by atoms with E-state index in [4.69, 9.17) is 9.66 Å². The minimum atomic E-state index is -4.29. The van der Waals surface area contributed by atoms with Crippen LogP contribution in [0.15, 0.2) is 50.3 Å². The standard InChI is InChI=1S/C17H12BrF3N2O3S/c1-8-6-10(2-4-11(8)18)15-14(16(17(20)21)26-23-15)9-3-5-13(12(19)7-9)27(22,24)25/h2-7,17H,1H3,(H2,22,24,25). The Bertz CT molecular complexity index is 1130. The van der Waals surface area contributed by atoms with Crippen LogP contribution in [0.4, 0.5) is 13.2 Å². The second kappa shape index (κ2) is 7.10. The van der Waals surface area contributed by atoms with Crippen molar-refractivity contribution in [2.45, 2.75) is 18.2 Å². The Balaban J connectivity index is 2.24. The van der Waals surface area contributed by atoms with E-state index < -0.39 is 32.9 Å². The number of primary sulfonamides is 1. The molecule has 27 heavy (non-hydrogen) atoms. The number of aryl methyl sites for hydroxylation is 1. The summed E-state index contributed by atoms with van der Waals surface area (Å²) in [5, 5.41) is 8.65. The lowest BCUT2D eigenvalue weighted by Crippen LogP contribution is -2.14. The molecular formula is C17H12BrF3N2O3S. The molecule has 2 N–H and O–H groups in total. The monoisotopic (exact) mass is 460 g/mol. The zero-order valence-electron chi connectivity index (χ0n) is 13.7. The first-order valence-corrected chi connectivity index (χ1v) is 9.80. The van der Waals surface area contributed by atoms with Gasteiger partial charge in [0.1, 0.15) is 16.4 Å². The minimum Gasteiger partial charge on any atom is -0.354 e. The molecule has 0 amide bonds. The summed E-state index contributed by atoms with van der Waals surface area (Å²) in [7, 11) is -4.29. The van der Waals surface area contributed by atoms with Crippen LogP contribution in [-0.2, 0) is 10.0 Å². The molecule has 0 saturated carbocycles. The van der Waals surface area contributed by atoms with Crippen molar-refractivity contribution in [1.29, 1.82) is 0 Å². The normalized spacial score (nSPS) is 12.0. The van der Waals surface area contributed by atoms with Crippen molar-refractivity contribution in [3.63, 3.8) is 0 Å². The van der Waals surface area contributed by atoms with Crippen molar-refractivity contribution >= 4 is 26.0 Å². The number of nitrogens with zero attached hydrogens (tertiary/aromatic N) is 1. The van der Waals surface area contributed by atoms with Crippen LogP contribution in [-0.4, -0.2) is 13.6 Å². The van der Waals surface area contributed by atoms with Gasteiger partial charge in [-0.1, -0.05) is 33.2 Å². The summed E-state index contributed by atoms with van der Waals surface area (Å²) >= 11 is 3.35. The van der Waals surface area contributed by atoms with Crippen molar-refractivity contribution in [2.75, 3.05) is 0 Å². The molecule has 0 radical (unpaired) electrons. The molecule has 0 atom stereocenters. The lowest BCUT2D eigenvalue weighted by Gasteiger charge is -2.08. The molecule has 0 fully saturated rings. The zero-order valence-corrected chi connectivity index (χ0v) is 16.1. The van der Waals surface area contributed by atoms with E-state index in [0.717, 1.165) is 22.2 Å². The number of alkyl halides is 2. The fraction of sp³-hybridized carbons (Fsp3) is 0.118. The van der Waals surface area contributed by atoms with Gasteiger partial charge in [0, 0.05) is 10.0 Å². The fourth-order valence-electron chi connectivity index (χ4n) is 2.61. The van der Waals surface area contributed by atoms with E-state index in [2.05, 4.69) is 21.1 Å². The van der Waals surface area contributed by atoms with Gasteiger partial charge in [0.2, 0.25) is 15.8 Å². The lowest BCUT2D eigenvalue weighted by atomic mass is 9.98. The Labute approximate surface area is 161 Å². The quantitative estimate of drug-likeness (QED) is 0.605. The Hall–Kier alpha value is -2.17. The first kappa shape index (κ1) is 19.6. The summed E-state index contributed by atoms with van der Waals surface area (Å²) in [6.07, 6.45) is -3.00. The molecule has 0 bridgehead atoms. The summed E-state index contributed by atoms with van der Waals surface area (Å²) in [5.41, 5.74) is 1.27. The van der Waals surface area contributed by atoms with Gasteiger partial charge in [-0.15, -0.1) is 0 Å². The Morgan fingerprint density at radius 2 is 1.81 bits per heavy atom. The first-order valence-electron chi connectivity index (χ1n) is 7.46. The van der Waals surface area contributed by atoms with Crippen molar-refractivity contribution in [3.05, 3.63) is 58.0 Å². The number of hydrogen-bond donors (Lipinski definition) is 1. The Morgan fingerprint density at radius 1 is 1.15 bits per heavy atom. The van der Waals surface area contributed by atoms with Crippen LogP contribution in [0.1, 0.15) is 17.7 Å². The van der Waals surface area contributed by atoms with E-state index in [1.807, 2.05) is 6.92 Å². The van der Waals surface area contributed by atoms with Gasteiger partial charge in [-0.25, -0.2) is 26.7 Å². The SMILES string of the molecule is Cc1cc(-c2noc(C(F)F)c2-c2ccc(S(N)(=O)=O)c(F)c2)ccc1Br. The van der Waals surface area contributed by atoms with Crippen molar-refractivity contribution in [1.82, 2.24) is 5.16 Å². The number of aromatic nitrogens is 1. The molecule has 1 heterocycles. The molecule has 0 aliphatic carbocycles. The van der Waals surface area contributed by atoms with E-state index in [1.54, 1.807) is 18.2 Å². The maximum absolute atomic E-state index is 14.2. The predicted octanol–water partition coefficient (Wildman–Crippen LogP) is 4.80. The largest absolute Gasteiger partial charge is 0.354 e. The van der Waals surface area contributed by atoms with Crippen molar-refractivity contribution in [3.8, 4) is 22.4 Å². The summed E-state index contributed by atoms with van der Waals surface area (Å²) < 4.78 is 69.4. The maximum Gasteiger partial charge on any atom is 0.298 e. The van der Waals surface area contributed by atoms with E-state index in [1.165, 1.54) is 6.07 Å². The van der Waals surface area contributed by atoms with Gasteiger partial charge in [0.05, 0.1) is 5.56 Å². The fourth-order valence-corrected chi connectivity index (χ4v) is 3.44. The molecule has 3 aromatic rings. The van der Waals surface area contributed by atoms with Crippen LogP contribution in [0, 0.1) is 12.7 Å². The summed E-state index contributed by atoms with van der Waals surface area (Å²) in [6, 6.07) is 7.97. The molecule has 0 saturated heterocycles. The molecule has 0 aliphatic heterocycles. The van der Waals surface area contributed by atoms with Gasteiger partial charge < -0.3 is 4.52 Å². The van der Waals surface area contributed by atoms with E-state index in [0.29, 0.717) is 5.56 Å². The van der Waals surface area contributed by atoms with E-state index in [9.17, 15) is 21.6 Å². The highest BCUT2D eigenvalue weighted by Gasteiger charge is 2.27. The first-order chi connectivity index (χ1) is 12.6. The second-order valence-electron chi connectivity index (χ2n) is 5.73. The highest BCUT2D eigenvalue weighted by Crippen LogP contribution is 2.40. The van der Waals surface area contributed by atoms with Crippen LogP contribution < -0.4 is 5.14 Å². The molecule has 10 heteroatoms. The molecule has 1 aromatic heterocycles. The highest BCUT2D eigenvalue weighted by atomic mass is 79.9. The molecule has 142 valence electrons. The molecule has 2 aromatic carbocycles. The van der Waals surface area contributed by atoms with Gasteiger partial charge in [0.15, 0.2) is 0 Å². The zero-order chi connectivity index (χ0) is 19.9. The van der Waals surface area contributed by atoms with Crippen LogP contribution in [0.5, 0.6) is 0 Å². The van der Waals surface area contributed by atoms with Gasteiger partial charge in [-0.2, -0.15) is 0 Å². The van der Waals surface area contributed by atoms with E-state index in [-0.39, 0.29) is 16.8 Å². The average Bonchev–Trinajstić information content (AvgIpc) is 3.01. The van der Waals surface area contributed by atoms with Crippen LogP contribution in [0.2, 0.25) is 0 Å². The topological polar surface area (TPSA) is 86.2 Å². The molecule has 0 unspecified atom stereocenters. The van der Waals surface area contributed by atoms with Crippen LogP contribution in [0.25, 0.3) is 22.4 Å². The predicted molar refractivity (Wildman–Crippen MR) is 96.1 cm³/mol. The third kappa shape index (κ3) is 3.78. The van der Waals surface area contributed by atoms with Gasteiger partial charge in [-0.3, -0.25) is 0 Å². The van der Waals surface area contributed by atoms with Crippen LogP contribution in [0.3, 0.4) is 0 Å². The van der Waals surface area contributed by atoms with Gasteiger partial charge >= 0.3 is 0 Å². The number of hydrogen-bond acceptors (Lipinski definition) is 4. The number of sulfonamides is 1. The average molecular weight is 461 g/mol. The third-order valence-corrected chi connectivity index (χ3v) is 5.71. The smallest absolute Gasteiger partial charge is 0.298 e. The van der Waals surface area contributed by atoms with Gasteiger partial charge in [-0.05, 0) is 42.3 Å². The molecular weight excluding hydrogens is 449 g/mol. The van der Waals surface area contributed by atoms with E-state index >= 15 is 0 Å².